The van der Waals surface area contributed by atoms with Gasteiger partial charge in [-0.3, -0.25) is 0 Å². The predicted molar refractivity (Wildman–Crippen MR) is 97.1 cm³/mol. The number of nitrogens with zero attached hydrogens (tertiary/aromatic N) is 6. The van der Waals surface area contributed by atoms with Crippen molar-refractivity contribution in [1.82, 2.24) is 19.9 Å². The number of hydrogen-bond donors (Lipinski definition) is 0. The van der Waals surface area contributed by atoms with Crippen molar-refractivity contribution < 1.29 is 0 Å². The molecule has 0 unspecified atom stereocenters. The summed E-state index contributed by atoms with van der Waals surface area (Å²) >= 11 is 0. The fourth-order valence-corrected chi connectivity index (χ4v) is 3.66. The van der Waals surface area contributed by atoms with E-state index in [1.807, 2.05) is 18.5 Å². The highest BCUT2D eigenvalue weighted by molar-refractivity contribution is 5.44. The highest BCUT2D eigenvalue weighted by Gasteiger charge is 2.31. The molecule has 130 valence electrons. The smallest absolute Gasteiger partial charge is 0.225 e. The predicted octanol–water partition coefficient (Wildman–Crippen LogP) is 2.74. The van der Waals surface area contributed by atoms with Gasteiger partial charge in [0.15, 0.2) is 0 Å². The molecule has 1 aliphatic heterocycles. The molecule has 0 bridgehead atoms. The summed E-state index contributed by atoms with van der Waals surface area (Å²) in [6.07, 6.45) is 10.1. The highest BCUT2D eigenvalue weighted by Crippen LogP contribution is 2.41. The maximum atomic E-state index is 4.92. The van der Waals surface area contributed by atoms with Gasteiger partial charge >= 0.3 is 0 Å². The van der Waals surface area contributed by atoms with Crippen LogP contribution in [0, 0.1) is 0 Å². The summed E-state index contributed by atoms with van der Waals surface area (Å²) < 4.78 is 0. The van der Waals surface area contributed by atoms with E-state index in [1.165, 1.54) is 37.8 Å². The van der Waals surface area contributed by atoms with E-state index in [2.05, 4.69) is 25.8 Å². The van der Waals surface area contributed by atoms with Crippen LogP contribution in [0.25, 0.3) is 0 Å². The van der Waals surface area contributed by atoms with Gasteiger partial charge in [0.25, 0.3) is 0 Å². The summed E-state index contributed by atoms with van der Waals surface area (Å²) in [6, 6.07) is 4.12. The van der Waals surface area contributed by atoms with E-state index in [0.29, 0.717) is 11.8 Å². The normalized spacial score (nSPS) is 21.3. The van der Waals surface area contributed by atoms with Gasteiger partial charge in [0.1, 0.15) is 11.6 Å². The number of hydrogen-bond acceptors (Lipinski definition) is 6. The summed E-state index contributed by atoms with van der Waals surface area (Å²) in [7, 11) is 0. The van der Waals surface area contributed by atoms with Gasteiger partial charge in [-0.25, -0.2) is 19.9 Å². The Hall–Kier alpha value is -2.24. The highest BCUT2D eigenvalue weighted by atomic mass is 15.3. The zero-order chi connectivity index (χ0) is 16.6. The van der Waals surface area contributed by atoms with Crippen molar-refractivity contribution >= 4 is 11.8 Å². The molecular weight excluding hydrogens is 312 g/mol. The van der Waals surface area contributed by atoms with Crippen molar-refractivity contribution in [3.63, 3.8) is 0 Å². The fourth-order valence-electron chi connectivity index (χ4n) is 3.66. The maximum Gasteiger partial charge on any atom is 0.225 e. The van der Waals surface area contributed by atoms with Crippen LogP contribution in [0.5, 0.6) is 0 Å². The van der Waals surface area contributed by atoms with Gasteiger partial charge in [-0.05, 0) is 31.7 Å². The van der Waals surface area contributed by atoms with Crippen LogP contribution >= 0.6 is 0 Å². The molecule has 6 nitrogen and oxygen atoms in total. The Balaban J connectivity index is 1.34. The molecule has 0 spiro atoms. The first-order valence-electron chi connectivity index (χ1n) is 9.52. The minimum Gasteiger partial charge on any atom is -0.353 e. The van der Waals surface area contributed by atoms with Crippen molar-refractivity contribution in [1.29, 1.82) is 0 Å². The molecule has 3 aliphatic rings. The summed E-state index contributed by atoms with van der Waals surface area (Å²) in [5.41, 5.74) is 1.28. The monoisotopic (exact) mass is 336 g/mol. The maximum absolute atomic E-state index is 4.92. The van der Waals surface area contributed by atoms with E-state index in [9.17, 15) is 0 Å². The van der Waals surface area contributed by atoms with Gasteiger partial charge in [0.05, 0.1) is 0 Å². The molecule has 6 heteroatoms. The molecule has 5 rings (SSSR count). The molecule has 0 aromatic carbocycles. The van der Waals surface area contributed by atoms with Crippen LogP contribution in [-0.4, -0.2) is 46.1 Å². The minimum absolute atomic E-state index is 0.609. The van der Waals surface area contributed by atoms with Crippen molar-refractivity contribution in [2.75, 3.05) is 36.0 Å². The largest absolute Gasteiger partial charge is 0.353 e. The second kappa shape index (κ2) is 6.24. The SMILES string of the molecule is c1cnc(N2CCN(c3cc(C4CCC4)nc(C4CC4)n3)CC2)nc1. The molecule has 0 radical (unpaired) electrons. The quantitative estimate of drug-likeness (QED) is 0.856. The number of rotatable bonds is 4. The standard InChI is InChI=1S/C19H24N6/c1-3-14(4-1)16-13-17(23-18(22-16)15-5-6-15)24-9-11-25(12-10-24)19-20-7-2-8-21-19/h2,7-8,13-15H,1,3-6,9-12H2. The van der Waals surface area contributed by atoms with Gasteiger partial charge in [0, 0.05) is 62.2 Å². The molecule has 3 heterocycles. The van der Waals surface area contributed by atoms with Crippen molar-refractivity contribution in [3.05, 3.63) is 36.0 Å². The zero-order valence-electron chi connectivity index (χ0n) is 14.5. The number of aromatic nitrogens is 4. The molecule has 25 heavy (non-hydrogen) atoms. The third kappa shape index (κ3) is 3.05. The van der Waals surface area contributed by atoms with Crippen molar-refractivity contribution in [2.24, 2.45) is 0 Å². The van der Waals surface area contributed by atoms with E-state index >= 15 is 0 Å². The van der Waals surface area contributed by atoms with E-state index < -0.39 is 0 Å². The second-order valence-electron chi connectivity index (χ2n) is 7.43. The van der Waals surface area contributed by atoms with Gasteiger partial charge in [-0.2, -0.15) is 0 Å². The second-order valence-corrected chi connectivity index (χ2v) is 7.43. The summed E-state index contributed by atoms with van der Waals surface area (Å²) in [6.45, 7) is 3.80. The molecule has 1 saturated heterocycles. The third-order valence-electron chi connectivity index (χ3n) is 5.65. The van der Waals surface area contributed by atoms with Crippen LogP contribution in [0.1, 0.15) is 55.5 Å². The lowest BCUT2D eigenvalue weighted by atomic mass is 9.83. The van der Waals surface area contributed by atoms with Gasteiger partial charge in [-0.1, -0.05) is 6.42 Å². The van der Waals surface area contributed by atoms with Crippen LogP contribution in [0.3, 0.4) is 0 Å². The fraction of sp³-hybridized carbons (Fsp3) is 0.579. The van der Waals surface area contributed by atoms with Crippen molar-refractivity contribution in [2.45, 2.75) is 43.9 Å². The molecule has 2 aromatic heterocycles. The van der Waals surface area contributed by atoms with Crippen LogP contribution in [0.15, 0.2) is 24.5 Å². The first kappa shape index (κ1) is 15.0. The minimum atomic E-state index is 0.609. The lowest BCUT2D eigenvalue weighted by Crippen LogP contribution is -2.47. The van der Waals surface area contributed by atoms with E-state index in [-0.39, 0.29) is 0 Å². The molecule has 2 saturated carbocycles. The number of piperazine rings is 1. The van der Waals surface area contributed by atoms with Crippen LogP contribution < -0.4 is 9.80 Å². The Labute approximate surface area is 148 Å². The molecule has 0 N–H and O–H groups in total. The molecular formula is C19H24N6. The van der Waals surface area contributed by atoms with E-state index in [0.717, 1.165) is 43.8 Å². The Morgan fingerprint density at radius 1 is 0.800 bits per heavy atom. The Morgan fingerprint density at radius 2 is 1.52 bits per heavy atom. The van der Waals surface area contributed by atoms with Crippen LogP contribution in [0.4, 0.5) is 11.8 Å². The summed E-state index contributed by atoms with van der Waals surface area (Å²) in [4.78, 5) is 23.2. The third-order valence-corrected chi connectivity index (χ3v) is 5.65. The van der Waals surface area contributed by atoms with Crippen LogP contribution in [-0.2, 0) is 0 Å². The molecule has 0 atom stereocenters. The summed E-state index contributed by atoms with van der Waals surface area (Å²) in [5, 5.41) is 0. The molecule has 2 aromatic rings. The average Bonchev–Trinajstić information content (AvgIpc) is 3.46. The molecule has 3 fully saturated rings. The zero-order valence-corrected chi connectivity index (χ0v) is 14.5. The lowest BCUT2D eigenvalue weighted by Gasteiger charge is -2.36. The summed E-state index contributed by atoms with van der Waals surface area (Å²) in [5.74, 6) is 4.33. The molecule has 0 amide bonds. The van der Waals surface area contributed by atoms with Crippen molar-refractivity contribution in [3.8, 4) is 0 Å². The Bertz CT molecular complexity index is 733. The van der Waals surface area contributed by atoms with Gasteiger partial charge in [-0.15, -0.1) is 0 Å². The lowest BCUT2D eigenvalue weighted by molar-refractivity contribution is 0.409. The van der Waals surface area contributed by atoms with E-state index in [1.54, 1.807) is 0 Å². The Kier molecular flexibility index (Phi) is 3.76. The Morgan fingerprint density at radius 3 is 2.16 bits per heavy atom. The average molecular weight is 336 g/mol. The van der Waals surface area contributed by atoms with Gasteiger partial charge < -0.3 is 9.80 Å². The first-order valence-corrected chi connectivity index (χ1v) is 9.52. The molecule has 2 aliphatic carbocycles. The van der Waals surface area contributed by atoms with Crippen LogP contribution in [0.2, 0.25) is 0 Å². The number of anilines is 2. The first-order chi connectivity index (χ1) is 12.4. The van der Waals surface area contributed by atoms with E-state index in [4.69, 9.17) is 9.97 Å². The topological polar surface area (TPSA) is 58.0 Å². The van der Waals surface area contributed by atoms with Gasteiger partial charge in [0.2, 0.25) is 5.95 Å².